The van der Waals surface area contributed by atoms with Gasteiger partial charge < -0.3 is 4.74 Å². The summed E-state index contributed by atoms with van der Waals surface area (Å²) in [5, 5.41) is 0. The van der Waals surface area contributed by atoms with Crippen molar-refractivity contribution in [2.45, 2.75) is 6.36 Å². The SMILES string of the molecule is FC(F)(F)Oc1ccc(-c2ccccc2)cc1.[LiH].[LiH]. The molecule has 0 spiro atoms. The van der Waals surface area contributed by atoms with E-state index in [2.05, 4.69) is 4.74 Å². The van der Waals surface area contributed by atoms with Crippen LogP contribution < -0.4 is 4.74 Å². The molecule has 0 fully saturated rings. The number of benzene rings is 2. The third kappa shape index (κ3) is 5.81. The number of halogens is 3. The summed E-state index contributed by atoms with van der Waals surface area (Å²) < 4.78 is 39.6. The molecule has 0 saturated carbocycles. The van der Waals surface area contributed by atoms with Gasteiger partial charge in [0.05, 0.1) is 0 Å². The molecule has 2 aromatic rings. The van der Waals surface area contributed by atoms with E-state index in [1.165, 1.54) is 12.1 Å². The minimum absolute atomic E-state index is 0. The minimum atomic E-state index is -4.64. The molecule has 0 radical (unpaired) electrons. The number of ether oxygens (including phenoxy) is 1. The molecule has 0 bridgehead atoms. The van der Waals surface area contributed by atoms with Crippen molar-refractivity contribution >= 4 is 37.7 Å². The Morgan fingerprint density at radius 3 is 1.63 bits per heavy atom. The van der Waals surface area contributed by atoms with Gasteiger partial charge in [0.25, 0.3) is 0 Å². The van der Waals surface area contributed by atoms with Crippen LogP contribution >= 0.6 is 0 Å². The molecule has 19 heavy (non-hydrogen) atoms. The molecule has 2 aromatic carbocycles. The molecule has 0 N–H and O–H groups in total. The summed E-state index contributed by atoms with van der Waals surface area (Å²) in [5.74, 6) is -0.211. The average Bonchev–Trinajstić information content (AvgIpc) is 2.29. The van der Waals surface area contributed by atoms with E-state index in [4.69, 9.17) is 0 Å². The van der Waals surface area contributed by atoms with Gasteiger partial charge in [0.1, 0.15) is 5.75 Å². The van der Waals surface area contributed by atoms with E-state index in [1.54, 1.807) is 12.1 Å². The van der Waals surface area contributed by atoms with Gasteiger partial charge in [-0.3, -0.25) is 0 Å². The van der Waals surface area contributed by atoms with Gasteiger partial charge in [-0.05, 0) is 23.3 Å². The van der Waals surface area contributed by atoms with Gasteiger partial charge >= 0.3 is 44.1 Å². The Hall–Kier alpha value is -0.775. The van der Waals surface area contributed by atoms with Crippen molar-refractivity contribution in [3.63, 3.8) is 0 Å². The second kappa shape index (κ2) is 7.73. The summed E-state index contributed by atoms with van der Waals surface area (Å²) in [6.45, 7) is 0. The van der Waals surface area contributed by atoms with Crippen LogP contribution in [0.15, 0.2) is 54.6 Å². The molecular formula is C13H11F3Li2O. The Bertz CT molecular complexity index is 483. The second-order valence-corrected chi connectivity index (χ2v) is 3.44. The van der Waals surface area contributed by atoms with Crippen LogP contribution in [0.5, 0.6) is 5.75 Å². The van der Waals surface area contributed by atoms with Gasteiger partial charge in [-0.25, -0.2) is 0 Å². The first-order chi connectivity index (χ1) is 8.04. The molecule has 0 unspecified atom stereocenters. The van der Waals surface area contributed by atoms with Crippen LogP contribution in [0.4, 0.5) is 13.2 Å². The zero-order valence-electron chi connectivity index (χ0n) is 8.74. The summed E-state index contributed by atoms with van der Waals surface area (Å²) >= 11 is 0. The number of alkyl halides is 3. The van der Waals surface area contributed by atoms with Crippen LogP contribution in [-0.2, 0) is 0 Å². The normalized spacial score (nSPS) is 10.1. The van der Waals surface area contributed by atoms with Crippen molar-refractivity contribution in [3.05, 3.63) is 54.6 Å². The zero-order valence-corrected chi connectivity index (χ0v) is 8.74. The number of rotatable bonds is 2. The fourth-order valence-corrected chi connectivity index (χ4v) is 1.48. The van der Waals surface area contributed by atoms with Crippen molar-refractivity contribution < 1.29 is 17.9 Å². The van der Waals surface area contributed by atoms with Crippen molar-refractivity contribution in [2.75, 3.05) is 0 Å². The summed E-state index contributed by atoms with van der Waals surface area (Å²) in [6, 6.07) is 15.2. The molecule has 0 heterocycles. The van der Waals surface area contributed by atoms with Crippen molar-refractivity contribution in [1.29, 1.82) is 0 Å². The van der Waals surface area contributed by atoms with Crippen LogP contribution in [0.3, 0.4) is 0 Å². The van der Waals surface area contributed by atoms with Crippen LogP contribution in [0.1, 0.15) is 0 Å². The monoisotopic (exact) mass is 254 g/mol. The van der Waals surface area contributed by atoms with Crippen LogP contribution in [0, 0.1) is 0 Å². The van der Waals surface area contributed by atoms with E-state index in [-0.39, 0.29) is 43.5 Å². The summed E-state index contributed by atoms with van der Waals surface area (Å²) in [6.07, 6.45) is -4.64. The number of hydrogen-bond donors (Lipinski definition) is 0. The Kier molecular flexibility index (Phi) is 7.41. The van der Waals surface area contributed by atoms with E-state index in [1.807, 2.05) is 30.3 Å². The van der Waals surface area contributed by atoms with Gasteiger partial charge in [0, 0.05) is 0 Å². The maximum absolute atomic E-state index is 11.9. The van der Waals surface area contributed by atoms with Crippen LogP contribution in [-0.4, -0.2) is 44.1 Å². The third-order valence-corrected chi connectivity index (χ3v) is 2.20. The summed E-state index contributed by atoms with van der Waals surface area (Å²) in [7, 11) is 0. The molecule has 6 heteroatoms. The fraction of sp³-hybridized carbons (Fsp3) is 0.0769. The number of hydrogen-bond acceptors (Lipinski definition) is 1. The predicted octanol–water partition coefficient (Wildman–Crippen LogP) is 2.96. The first-order valence-electron chi connectivity index (χ1n) is 4.96. The van der Waals surface area contributed by atoms with E-state index < -0.39 is 6.36 Å². The molecule has 2 rings (SSSR count). The Morgan fingerprint density at radius 1 is 0.684 bits per heavy atom. The first-order valence-corrected chi connectivity index (χ1v) is 4.96. The summed E-state index contributed by atoms with van der Waals surface area (Å²) in [5.41, 5.74) is 1.80. The van der Waals surface area contributed by atoms with Gasteiger partial charge in [-0.15, -0.1) is 13.2 Å². The molecule has 0 aliphatic rings. The molecule has 0 saturated heterocycles. The predicted molar refractivity (Wildman–Crippen MR) is 72.9 cm³/mol. The fourth-order valence-electron chi connectivity index (χ4n) is 1.48. The standard InChI is InChI=1S/C13H9F3O.2Li.2H/c14-13(15,16)17-12-8-6-11(7-9-12)10-4-2-1-3-5-10;;;;/h1-9H;;;;. The van der Waals surface area contributed by atoms with Gasteiger partial charge in [-0.1, -0.05) is 42.5 Å². The Morgan fingerprint density at radius 2 is 1.16 bits per heavy atom. The molecule has 92 valence electrons. The Labute approximate surface area is 133 Å². The molecular weight excluding hydrogens is 243 g/mol. The molecule has 0 atom stereocenters. The Balaban J connectivity index is 0.00000162. The van der Waals surface area contributed by atoms with E-state index in [0.717, 1.165) is 11.1 Å². The molecule has 0 aliphatic carbocycles. The van der Waals surface area contributed by atoms with Crippen LogP contribution in [0.25, 0.3) is 11.1 Å². The van der Waals surface area contributed by atoms with Crippen molar-refractivity contribution in [1.82, 2.24) is 0 Å². The summed E-state index contributed by atoms with van der Waals surface area (Å²) in [4.78, 5) is 0. The molecule has 0 aromatic heterocycles. The zero-order chi connectivity index (χ0) is 12.3. The van der Waals surface area contributed by atoms with E-state index >= 15 is 0 Å². The van der Waals surface area contributed by atoms with E-state index in [9.17, 15) is 13.2 Å². The van der Waals surface area contributed by atoms with Crippen LogP contribution in [0.2, 0.25) is 0 Å². The van der Waals surface area contributed by atoms with Gasteiger partial charge in [0.2, 0.25) is 0 Å². The average molecular weight is 254 g/mol. The first kappa shape index (κ1) is 18.2. The van der Waals surface area contributed by atoms with Crippen molar-refractivity contribution in [3.8, 4) is 16.9 Å². The second-order valence-electron chi connectivity index (χ2n) is 3.44. The maximum atomic E-state index is 11.9. The third-order valence-electron chi connectivity index (χ3n) is 2.20. The quantitative estimate of drug-likeness (QED) is 0.748. The molecule has 0 aliphatic heterocycles. The molecule has 1 nitrogen and oxygen atoms in total. The van der Waals surface area contributed by atoms with Gasteiger partial charge in [-0.2, -0.15) is 0 Å². The van der Waals surface area contributed by atoms with Crippen molar-refractivity contribution in [2.24, 2.45) is 0 Å². The molecule has 0 amide bonds. The topological polar surface area (TPSA) is 9.23 Å². The van der Waals surface area contributed by atoms with Gasteiger partial charge in [0.15, 0.2) is 0 Å². The van der Waals surface area contributed by atoms with E-state index in [0.29, 0.717) is 0 Å².